The van der Waals surface area contributed by atoms with Crippen molar-refractivity contribution in [2.45, 2.75) is 33.0 Å². The van der Waals surface area contributed by atoms with E-state index in [0.29, 0.717) is 18.5 Å². The number of nitrogens with zero attached hydrogens (tertiary/aromatic N) is 4. The maximum absolute atomic E-state index is 12.8. The Hall–Kier alpha value is -1.01. The summed E-state index contributed by atoms with van der Waals surface area (Å²) in [5.41, 5.74) is 0. The summed E-state index contributed by atoms with van der Waals surface area (Å²) in [4.78, 5) is 10.6. The molecule has 1 aromatic heterocycles. The van der Waals surface area contributed by atoms with Gasteiger partial charge < -0.3 is 15.4 Å². The monoisotopic (exact) mass is 472 g/mol. The lowest BCUT2D eigenvalue weighted by Gasteiger charge is -2.32. The second-order valence-electron chi connectivity index (χ2n) is 5.60. The van der Waals surface area contributed by atoms with Crippen molar-refractivity contribution < 1.29 is 13.5 Å². The van der Waals surface area contributed by atoms with Gasteiger partial charge in [0.1, 0.15) is 12.4 Å². The van der Waals surface area contributed by atoms with Crippen LogP contribution in [0.25, 0.3) is 0 Å². The van der Waals surface area contributed by atoms with Crippen molar-refractivity contribution in [1.29, 1.82) is 0 Å². The van der Waals surface area contributed by atoms with Crippen molar-refractivity contribution >= 4 is 29.9 Å². The van der Waals surface area contributed by atoms with E-state index < -0.39 is 6.55 Å². The van der Waals surface area contributed by atoms with Gasteiger partial charge in [-0.3, -0.25) is 9.47 Å². The van der Waals surface area contributed by atoms with Crippen molar-refractivity contribution in [2.75, 3.05) is 39.4 Å². The van der Waals surface area contributed by atoms with E-state index in [4.69, 9.17) is 4.74 Å². The van der Waals surface area contributed by atoms with Crippen molar-refractivity contribution in [1.82, 2.24) is 25.1 Å². The Morgan fingerprint density at radius 2 is 2.08 bits per heavy atom. The molecule has 1 saturated heterocycles. The van der Waals surface area contributed by atoms with Crippen LogP contribution < -0.4 is 10.6 Å². The minimum atomic E-state index is -2.60. The number of hydrogen-bond acceptors (Lipinski definition) is 4. The maximum atomic E-state index is 12.8. The lowest BCUT2D eigenvalue weighted by Crippen LogP contribution is -2.49. The van der Waals surface area contributed by atoms with E-state index in [-0.39, 0.29) is 36.3 Å². The standard InChI is InChI=1S/C15H26F2N6O.HI/c1-3-18-15(20-10-12(2)22-6-8-24-9-7-22)21-11-13-19-4-5-23(13)14(16)17;/h4-5,12,14H,3,6-11H2,1-2H3,(H2,18,20,21);1H. The Morgan fingerprint density at radius 1 is 1.36 bits per heavy atom. The summed E-state index contributed by atoms with van der Waals surface area (Å²) in [5.74, 6) is 0.838. The van der Waals surface area contributed by atoms with E-state index in [9.17, 15) is 8.78 Å². The van der Waals surface area contributed by atoms with Gasteiger partial charge in [0.25, 0.3) is 0 Å². The van der Waals surface area contributed by atoms with Gasteiger partial charge in [-0.05, 0) is 13.8 Å². The second-order valence-corrected chi connectivity index (χ2v) is 5.60. The van der Waals surface area contributed by atoms with Gasteiger partial charge in [0.05, 0.1) is 13.2 Å². The minimum Gasteiger partial charge on any atom is -0.379 e. The molecule has 25 heavy (non-hydrogen) atoms. The molecule has 1 fully saturated rings. The third-order valence-corrected chi connectivity index (χ3v) is 3.92. The first-order valence-electron chi connectivity index (χ1n) is 8.25. The lowest BCUT2D eigenvalue weighted by molar-refractivity contribution is 0.0211. The van der Waals surface area contributed by atoms with Gasteiger partial charge in [-0.1, -0.05) is 0 Å². The number of aliphatic imine (C=N–C) groups is 1. The third-order valence-electron chi connectivity index (χ3n) is 3.92. The van der Waals surface area contributed by atoms with Gasteiger partial charge >= 0.3 is 6.55 Å². The van der Waals surface area contributed by atoms with Crippen LogP contribution in [0.4, 0.5) is 8.78 Å². The van der Waals surface area contributed by atoms with Gasteiger partial charge in [-0.2, -0.15) is 8.78 Å². The van der Waals surface area contributed by atoms with Crippen molar-refractivity contribution in [3.63, 3.8) is 0 Å². The van der Waals surface area contributed by atoms with Crippen LogP contribution in [0, 0.1) is 0 Å². The van der Waals surface area contributed by atoms with Crippen LogP contribution in [-0.2, 0) is 11.3 Å². The molecule has 1 aliphatic heterocycles. The zero-order valence-corrected chi connectivity index (χ0v) is 17.0. The average Bonchev–Trinajstić information content (AvgIpc) is 3.06. The molecule has 1 aliphatic rings. The van der Waals surface area contributed by atoms with Crippen LogP contribution in [-0.4, -0.2) is 65.8 Å². The highest BCUT2D eigenvalue weighted by molar-refractivity contribution is 14.0. The SMILES string of the molecule is CCNC(=NCc1nccn1C(F)F)NCC(C)N1CCOCC1.I. The largest absolute Gasteiger partial charge is 0.379 e. The molecule has 0 aliphatic carbocycles. The number of alkyl halides is 2. The zero-order chi connectivity index (χ0) is 17.4. The predicted octanol–water partition coefficient (Wildman–Crippen LogP) is 1.67. The van der Waals surface area contributed by atoms with Gasteiger partial charge in [0.15, 0.2) is 5.96 Å². The number of halogens is 3. The smallest absolute Gasteiger partial charge is 0.319 e. The first-order chi connectivity index (χ1) is 11.6. The Bertz CT molecular complexity index is 522. The van der Waals surface area contributed by atoms with Crippen LogP contribution in [0.1, 0.15) is 26.2 Å². The average molecular weight is 472 g/mol. The highest BCUT2D eigenvalue weighted by Gasteiger charge is 2.17. The van der Waals surface area contributed by atoms with Gasteiger partial charge in [0.2, 0.25) is 0 Å². The Labute approximate surface area is 164 Å². The number of guanidine groups is 1. The van der Waals surface area contributed by atoms with E-state index in [1.165, 1.54) is 12.4 Å². The number of hydrogen-bond donors (Lipinski definition) is 2. The van der Waals surface area contributed by atoms with E-state index >= 15 is 0 Å². The lowest BCUT2D eigenvalue weighted by atomic mass is 10.2. The quantitative estimate of drug-likeness (QED) is 0.359. The molecule has 0 amide bonds. The molecule has 1 aromatic rings. The highest BCUT2D eigenvalue weighted by Crippen LogP contribution is 2.12. The molecule has 0 radical (unpaired) electrons. The molecule has 0 aromatic carbocycles. The summed E-state index contributed by atoms with van der Waals surface area (Å²) in [6.07, 6.45) is 2.62. The summed E-state index contributed by atoms with van der Waals surface area (Å²) in [7, 11) is 0. The third kappa shape index (κ3) is 7.02. The number of nitrogens with one attached hydrogen (secondary N) is 2. The molecule has 0 saturated carbocycles. The normalized spacial score (nSPS) is 17.2. The molecule has 144 valence electrons. The second kappa shape index (κ2) is 11.6. The molecule has 7 nitrogen and oxygen atoms in total. The first-order valence-corrected chi connectivity index (χ1v) is 8.25. The van der Waals surface area contributed by atoms with Crippen molar-refractivity contribution in [3.05, 3.63) is 18.2 Å². The Balaban J connectivity index is 0.00000312. The summed E-state index contributed by atoms with van der Waals surface area (Å²) in [6.45, 7) is 6.37. The molecule has 1 unspecified atom stereocenters. The van der Waals surface area contributed by atoms with Crippen LogP contribution in [0.3, 0.4) is 0 Å². The zero-order valence-electron chi connectivity index (χ0n) is 14.6. The fraction of sp³-hybridized carbons (Fsp3) is 0.733. The van der Waals surface area contributed by atoms with E-state index in [0.717, 1.165) is 37.4 Å². The number of morpholine rings is 1. The number of imidazole rings is 1. The number of ether oxygens (including phenoxy) is 1. The highest BCUT2D eigenvalue weighted by atomic mass is 127. The van der Waals surface area contributed by atoms with Crippen LogP contribution in [0.2, 0.25) is 0 Å². The predicted molar refractivity (Wildman–Crippen MR) is 104 cm³/mol. The van der Waals surface area contributed by atoms with E-state index in [1.54, 1.807) is 0 Å². The molecule has 2 N–H and O–H groups in total. The fourth-order valence-electron chi connectivity index (χ4n) is 2.53. The molecular weight excluding hydrogens is 445 g/mol. The van der Waals surface area contributed by atoms with Gasteiger partial charge in [-0.15, -0.1) is 24.0 Å². The number of rotatable bonds is 7. The summed E-state index contributed by atoms with van der Waals surface area (Å²) < 4.78 is 31.8. The summed E-state index contributed by atoms with van der Waals surface area (Å²) in [5, 5.41) is 6.38. The molecular formula is C15H27F2IN6O. The van der Waals surface area contributed by atoms with Crippen LogP contribution in [0.15, 0.2) is 17.4 Å². The summed E-state index contributed by atoms with van der Waals surface area (Å²) in [6, 6.07) is 0.334. The van der Waals surface area contributed by atoms with Crippen molar-refractivity contribution in [2.24, 2.45) is 4.99 Å². The molecule has 1 atom stereocenters. The first kappa shape index (κ1) is 22.0. The van der Waals surface area contributed by atoms with E-state index in [2.05, 4.69) is 32.4 Å². The van der Waals surface area contributed by atoms with Crippen LogP contribution >= 0.6 is 24.0 Å². The molecule has 0 spiro atoms. The molecule has 2 rings (SSSR count). The maximum Gasteiger partial charge on any atom is 0.319 e. The molecule has 0 bridgehead atoms. The minimum absolute atomic E-state index is 0. The van der Waals surface area contributed by atoms with Crippen molar-refractivity contribution in [3.8, 4) is 0 Å². The van der Waals surface area contributed by atoms with E-state index in [1.807, 2.05) is 6.92 Å². The molecule has 2 heterocycles. The van der Waals surface area contributed by atoms with Gasteiger partial charge in [0, 0.05) is 44.6 Å². The van der Waals surface area contributed by atoms with Crippen LogP contribution in [0.5, 0.6) is 0 Å². The Morgan fingerprint density at radius 3 is 2.72 bits per heavy atom. The fourth-order valence-corrected chi connectivity index (χ4v) is 2.53. The summed E-state index contributed by atoms with van der Waals surface area (Å²) >= 11 is 0. The topological polar surface area (TPSA) is 66.7 Å². The van der Waals surface area contributed by atoms with Gasteiger partial charge in [-0.25, -0.2) is 9.98 Å². The Kier molecular flexibility index (Phi) is 10.2. The number of aromatic nitrogens is 2. The molecule has 10 heteroatoms.